The molecule has 1 fully saturated rings. The maximum atomic E-state index is 13.0. The van der Waals surface area contributed by atoms with Gasteiger partial charge < -0.3 is 4.42 Å². The SMILES string of the molecule is O=C1NC(=S)N(c2ccccc2Cl)C(=O)/C1=C/c1ccc(-c2ccc(Cl)cc2)o1. The number of benzene rings is 2. The van der Waals surface area contributed by atoms with Crippen molar-refractivity contribution in [3.8, 4) is 11.3 Å². The van der Waals surface area contributed by atoms with Crippen LogP contribution in [0.4, 0.5) is 5.69 Å². The zero-order valence-electron chi connectivity index (χ0n) is 14.7. The van der Waals surface area contributed by atoms with E-state index in [0.29, 0.717) is 27.3 Å². The number of nitrogens with zero attached hydrogens (tertiary/aromatic N) is 1. The third kappa shape index (κ3) is 3.82. The first-order valence-electron chi connectivity index (χ1n) is 8.46. The Morgan fingerprint density at radius 2 is 1.69 bits per heavy atom. The van der Waals surface area contributed by atoms with Crippen LogP contribution in [0.1, 0.15) is 5.76 Å². The van der Waals surface area contributed by atoms with E-state index in [1.165, 1.54) is 11.0 Å². The predicted molar refractivity (Wildman–Crippen MR) is 117 cm³/mol. The van der Waals surface area contributed by atoms with Crippen LogP contribution in [0.25, 0.3) is 17.4 Å². The standard InChI is InChI=1S/C21H12Cl2N2O3S/c22-13-7-5-12(6-8-13)18-10-9-14(28-18)11-15-19(26)24-21(29)25(20(15)27)17-4-2-1-3-16(17)23/h1-11H,(H,24,26,29)/b15-11+. The van der Waals surface area contributed by atoms with Crippen molar-refractivity contribution in [3.05, 3.63) is 82.0 Å². The molecule has 4 rings (SSSR count). The number of hydrogen-bond donors (Lipinski definition) is 1. The van der Waals surface area contributed by atoms with Crippen LogP contribution in [-0.4, -0.2) is 16.9 Å². The molecule has 1 saturated heterocycles. The van der Waals surface area contributed by atoms with Crippen LogP contribution in [-0.2, 0) is 9.59 Å². The number of para-hydroxylation sites is 1. The topological polar surface area (TPSA) is 62.6 Å². The molecule has 0 aliphatic carbocycles. The Morgan fingerprint density at radius 3 is 2.41 bits per heavy atom. The minimum atomic E-state index is -0.604. The van der Waals surface area contributed by atoms with E-state index in [2.05, 4.69) is 5.32 Å². The summed E-state index contributed by atoms with van der Waals surface area (Å²) in [5.74, 6) is -0.264. The summed E-state index contributed by atoms with van der Waals surface area (Å²) < 4.78 is 5.77. The monoisotopic (exact) mass is 442 g/mol. The van der Waals surface area contributed by atoms with Gasteiger partial charge in [0.05, 0.1) is 10.7 Å². The van der Waals surface area contributed by atoms with Crippen LogP contribution in [0.15, 0.2) is 70.7 Å². The second kappa shape index (κ2) is 7.83. The minimum Gasteiger partial charge on any atom is -0.457 e. The summed E-state index contributed by atoms with van der Waals surface area (Å²) >= 11 is 17.3. The van der Waals surface area contributed by atoms with E-state index in [-0.39, 0.29) is 10.7 Å². The van der Waals surface area contributed by atoms with Crippen LogP contribution >= 0.6 is 35.4 Å². The summed E-state index contributed by atoms with van der Waals surface area (Å²) in [5.41, 5.74) is 1.09. The lowest BCUT2D eigenvalue weighted by Crippen LogP contribution is -2.54. The van der Waals surface area contributed by atoms with Gasteiger partial charge in [0.15, 0.2) is 5.11 Å². The number of carbonyl (C=O) groups excluding carboxylic acids is 2. The van der Waals surface area contributed by atoms with Gasteiger partial charge in [0.1, 0.15) is 17.1 Å². The highest BCUT2D eigenvalue weighted by Crippen LogP contribution is 2.30. The minimum absolute atomic E-state index is 0.0356. The first kappa shape index (κ1) is 19.4. The zero-order chi connectivity index (χ0) is 20.5. The molecule has 2 heterocycles. The van der Waals surface area contributed by atoms with Crippen molar-refractivity contribution in [3.63, 3.8) is 0 Å². The van der Waals surface area contributed by atoms with Gasteiger partial charge in [0, 0.05) is 10.6 Å². The highest BCUT2D eigenvalue weighted by molar-refractivity contribution is 7.80. The van der Waals surface area contributed by atoms with Gasteiger partial charge >= 0.3 is 0 Å². The Balaban J connectivity index is 1.68. The van der Waals surface area contributed by atoms with Gasteiger partial charge in [-0.05, 0) is 66.8 Å². The number of nitrogens with one attached hydrogen (secondary N) is 1. The number of rotatable bonds is 3. The molecule has 0 unspecified atom stereocenters. The average molecular weight is 443 g/mol. The van der Waals surface area contributed by atoms with Crippen molar-refractivity contribution in [1.82, 2.24) is 5.32 Å². The highest BCUT2D eigenvalue weighted by Gasteiger charge is 2.35. The fourth-order valence-electron chi connectivity index (χ4n) is 2.85. The van der Waals surface area contributed by atoms with E-state index >= 15 is 0 Å². The number of thiocarbonyl (C=S) groups is 1. The molecule has 144 valence electrons. The molecule has 2 amide bonds. The molecule has 2 aromatic carbocycles. The molecule has 0 atom stereocenters. The molecule has 1 aliphatic heterocycles. The summed E-state index contributed by atoms with van der Waals surface area (Å²) in [7, 11) is 0. The fourth-order valence-corrected chi connectivity index (χ4v) is 3.47. The van der Waals surface area contributed by atoms with E-state index in [9.17, 15) is 9.59 Å². The largest absolute Gasteiger partial charge is 0.457 e. The van der Waals surface area contributed by atoms with Crippen LogP contribution < -0.4 is 10.2 Å². The van der Waals surface area contributed by atoms with Gasteiger partial charge in [-0.15, -0.1) is 0 Å². The van der Waals surface area contributed by atoms with Crippen molar-refractivity contribution < 1.29 is 14.0 Å². The normalized spacial score (nSPS) is 15.7. The number of furan rings is 1. The number of halogens is 2. The zero-order valence-corrected chi connectivity index (χ0v) is 17.0. The van der Waals surface area contributed by atoms with E-state index < -0.39 is 11.8 Å². The molecule has 1 aliphatic rings. The number of anilines is 1. The molecule has 1 N–H and O–H groups in total. The Hall–Kier alpha value is -2.93. The van der Waals surface area contributed by atoms with Crippen molar-refractivity contribution >= 4 is 64.1 Å². The Morgan fingerprint density at radius 1 is 0.966 bits per heavy atom. The van der Waals surface area contributed by atoms with Crippen molar-refractivity contribution in [2.24, 2.45) is 0 Å². The maximum absolute atomic E-state index is 13.0. The second-order valence-electron chi connectivity index (χ2n) is 6.12. The quantitative estimate of drug-likeness (QED) is 0.348. The Bertz CT molecular complexity index is 1170. The molecule has 0 bridgehead atoms. The maximum Gasteiger partial charge on any atom is 0.270 e. The molecule has 8 heteroatoms. The van der Waals surface area contributed by atoms with E-state index in [1.54, 1.807) is 48.5 Å². The molecule has 3 aromatic rings. The lowest BCUT2D eigenvalue weighted by molar-refractivity contribution is -0.122. The van der Waals surface area contributed by atoms with Gasteiger partial charge in [-0.2, -0.15) is 0 Å². The second-order valence-corrected chi connectivity index (χ2v) is 7.35. The lowest BCUT2D eigenvalue weighted by atomic mass is 10.1. The van der Waals surface area contributed by atoms with Crippen LogP contribution in [0.3, 0.4) is 0 Å². The molecule has 5 nitrogen and oxygen atoms in total. The lowest BCUT2D eigenvalue weighted by Gasteiger charge is -2.29. The summed E-state index contributed by atoms with van der Waals surface area (Å²) in [5, 5.41) is 3.43. The molecule has 1 aromatic heterocycles. The van der Waals surface area contributed by atoms with Crippen molar-refractivity contribution in [2.75, 3.05) is 4.90 Å². The van der Waals surface area contributed by atoms with Gasteiger partial charge in [-0.25, -0.2) is 0 Å². The van der Waals surface area contributed by atoms with Gasteiger partial charge in [-0.1, -0.05) is 35.3 Å². The van der Waals surface area contributed by atoms with Crippen LogP contribution in [0, 0.1) is 0 Å². The highest BCUT2D eigenvalue weighted by atomic mass is 35.5. The predicted octanol–water partition coefficient (Wildman–Crippen LogP) is 5.08. The van der Waals surface area contributed by atoms with E-state index in [0.717, 1.165) is 5.56 Å². The molecular formula is C21H12Cl2N2O3S. The molecular weight excluding hydrogens is 431 g/mol. The van der Waals surface area contributed by atoms with Crippen LogP contribution in [0.2, 0.25) is 10.0 Å². The first-order valence-corrected chi connectivity index (χ1v) is 9.62. The Labute approximate surface area is 181 Å². The molecule has 29 heavy (non-hydrogen) atoms. The summed E-state index contributed by atoms with van der Waals surface area (Å²) in [6, 6.07) is 17.3. The van der Waals surface area contributed by atoms with Gasteiger partial charge in [-0.3, -0.25) is 19.8 Å². The molecule has 0 spiro atoms. The molecule has 0 radical (unpaired) electrons. The van der Waals surface area contributed by atoms with Gasteiger partial charge in [0.25, 0.3) is 11.8 Å². The van der Waals surface area contributed by atoms with Crippen LogP contribution in [0.5, 0.6) is 0 Å². The van der Waals surface area contributed by atoms with Gasteiger partial charge in [0.2, 0.25) is 0 Å². The van der Waals surface area contributed by atoms with Crippen molar-refractivity contribution in [2.45, 2.75) is 0 Å². The number of hydrogen-bond acceptors (Lipinski definition) is 4. The smallest absolute Gasteiger partial charge is 0.270 e. The summed E-state index contributed by atoms with van der Waals surface area (Å²) in [6.45, 7) is 0. The van der Waals surface area contributed by atoms with E-state index in [1.807, 2.05) is 12.1 Å². The fraction of sp³-hybridized carbons (Fsp3) is 0. The van der Waals surface area contributed by atoms with E-state index in [4.69, 9.17) is 39.8 Å². The number of amides is 2. The number of carbonyl (C=O) groups is 2. The summed E-state index contributed by atoms with van der Waals surface area (Å²) in [4.78, 5) is 26.6. The average Bonchev–Trinajstić information content (AvgIpc) is 3.16. The summed E-state index contributed by atoms with van der Waals surface area (Å²) in [6.07, 6.45) is 1.38. The third-order valence-electron chi connectivity index (χ3n) is 4.24. The molecule has 0 saturated carbocycles. The Kier molecular flexibility index (Phi) is 5.24. The van der Waals surface area contributed by atoms with Crippen molar-refractivity contribution in [1.29, 1.82) is 0 Å². The third-order valence-corrected chi connectivity index (χ3v) is 5.09. The first-order chi connectivity index (χ1) is 13.9.